The number of benzene rings is 4. The first kappa shape index (κ1) is 33.3. The van der Waals surface area contributed by atoms with Crippen LogP contribution in [-0.2, 0) is 17.8 Å². The van der Waals surface area contributed by atoms with E-state index in [9.17, 15) is 9.59 Å². The average Bonchev–Trinajstić information content (AvgIpc) is 2.98. The van der Waals surface area contributed by atoms with Crippen LogP contribution in [0.1, 0.15) is 56.3 Å². The molecule has 4 aromatic carbocycles. The molecule has 0 aliphatic heterocycles. The smallest absolute Gasteiger partial charge is 0.581 e. The number of ketones is 2. The average molecular weight is 547 g/mol. The molecule has 0 bridgehead atoms. The normalized spacial score (nSPS) is 11.9. The molecule has 0 aliphatic carbocycles. The van der Waals surface area contributed by atoms with E-state index in [2.05, 4.69) is 36.2 Å². The van der Waals surface area contributed by atoms with Crippen molar-refractivity contribution in [2.75, 3.05) is 0 Å². The third-order valence-corrected chi connectivity index (χ3v) is 6.58. The first-order chi connectivity index (χ1) is 18.7. The topological polar surface area (TPSA) is 90.6 Å². The minimum Gasteiger partial charge on any atom is -0.581 e. The van der Waals surface area contributed by atoms with E-state index >= 15 is 0 Å². The Kier molecular flexibility index (Phi) is 13.6. The van der Waals surface area contributed by atoms with Crippen molar-refractivity contribution in [3.63, 3.8) is 0 Å². The van der Waals surface area contributed by atoms with Gasteiger partial charge < -0.3 is 5.84 Å². The third-order valence-electron chi connectivity index (χ3n) is 6.58. The first-order valence-electron chi connectivity index (χ1n) is 12.8. The van der Waals surface area contributed by atoms with Crippen molar-refractivity contribution < 1.29 is 49.4 Å². The second kappa shape index (κ2) is 16.4. The molecule has 0 aliphatic rings. The van der Waals surface area contributed by atoms with Gasteiger partial charge in [0.05, 0.1) is 5.54 Å². The van der Waals surface area contributed by atoms with Crippen LogP contribution in [0.4, 0.5) is 0 Å². The monoisotopic (exact) mass is 546 g/mol. The molecule has 0 radical (unpaired) electrons. The van der Waals surface area contributed by atoms with Crippen molar-refractivity contribution in [3.05, 3.63) is 148 Å². The molecule has 1 unspecified atom stereocenters. The Bertz CT molecular complexity index is 1330. The van der Waals surface area contributed by atoms with Gasteiger partial charge in [0, 0.05) is 17.5 Å². The number of hydroxylamine groups is 1. The first-order valence-corrected chi connectivity index (χ1v) is 12.8. The zero-order chi connectivity index (χ0) is 28.3. The fraction of sp³-hybridized carbons (Fsp3) is 0.212. The van der Waals surface area contributed by atoms with Gasteiger partial charge in [-0.25, -0.2) is 10.4 Å². The predicted octanol–water partition coefficient (Wildman–Crippen LogP) is 4.67. The van der Waals surface area contributed by atoms with Crippen molar-refractivity contribution in [2.24, 2.45) is 0 Å². The minimum absolute atomic E-state index is 0. The molecule has 4 rings (SSSR count). The standard InChI is InChI=1S/C17H19N2O3.C16H16O.Na/c1-13-8-10-14(11-9-13)12-17(2,19(18)22-21)16(20)15-6-4-3-5-7-15;1-13-7-9-14(10-8-13)11-12-16(17)15-5-3-2-4-6-15;/h3-11,18,21H,12H2,1-2H3;2-10H,11-12H2,1H3;/q-1;;+1. The van der Waals surface area contributed by atoms with Gasteiger partial charge in [-0.15, -0.1) is 0 Å². The van der Waals surface area contributed by atoms with Crippen LogP contribution in [0, 0.1) is 13.8 Å². The Morgan fingerprint density at radius 1 is 0.750 bits per heavy atom. The van der Waals surface area contributed by atoms with E-state index in [1.165, 1.54) is 11.1 Å². The molecule has 202 valence electrons. The van der Waals surface area contributed by atoms with Gasteiger partial charge in [-0.3, -0.25) is 9.59 Å². The summed E-state index contributed by atoms with van der Waals surface area (Å²) in [5.41, 5.74) is 4.40. The van der Waals surface area contributed by atoms with Crippen LogP contribution in [0.3, 0.4) is 0 Å². The Labute approximate surface area is 258 Å². The van der Waals surface area contributed by atoms with Crippen molar-refractivity contribution in [3.8, 4) is 0 Å². The molecule has 0 saturated heterocycles. The Hall–Kier alpha value is -2.94. The van der Waals surface area contributed by atoms with Crippen LogP contribution < -0.4 is 29.6 Å². The summed E-state index contributed by atoms with van der Waals surface area (Å²) in [4.78, 5) is 28.7. The molecule has 0 spiro atoms. The van der Waals surface area contributed by atoms with Crippen molar-refractivity contribution in [1.82, 2.24) is 5.17 Å². The van der Waals surface area contributed by atoms with Gasteiger partial charge in [0.25, 0.3) is 0 Å². The number of nitrogens with one attached hydrogen (secondary N) is 1. The molecule has 0 amide bonds. The van der Waals surface area contributed by atoms with Gasteiger partial charge in [-0.05, 0) is 44.7 Å². The molecule has 6 nitrogen and oxygen atoms in total. The number of aryl methyl sites for hydroxylation is 3. The summed E-state index contributed by atoms with van der Waals surface area (Å²) >= 11 is 0. The van der Waals surface area contributed by atoms with Crippen molar-refractivity contribution in [2.45, 2.75) is 45.6 Å². The Morgan fingerprint density at radius 3 is 1.68 bits per heavy atom. The number of carbonyl (C=O) groups excluding carboxylic acids is 2. The number of hydrogen-bond donors (Lipinski definition) is 1. The quantitative estimate of drug-likeness (QED) is 0.135. The van der Waals surface area contributed by atoms with Gasteiger partial charge >= 0.3 is 29.6 Å². The van der Waals surface area contributed by atoms with Crippen molar-refractivity contribution in [1.29, 1.82) is 0 Å². The van der Waals surface area contributed by atoms with E-state index in [1.807, 2.05) is 67.6 Å². The van der Waals surface area contributed by atoms with E-state index in [0.717, 1.165) is 23.1 Å². The maximum Gasteiger partial charge on any atom is 1.00 e. The summed E-state index contributed by atoms with van der Waals surface area (Å²) in [5.74, 6) is 7.71. The van der Waals surface area contributed by atoms with Gasteiger partial charge in [0.15, 0.2) is 11.6 Å². The molecule has 0 fully saturated rings. The maximum atomic E-state index is 12.8. The summed E-state index contributed by atoms with van der Waals surface area (Å²) in [6.45, 7) is 5.62. The predicted molar refractivity (Wildman–Crippen MR) is 154 cm³/mol. The molecule has 0 heterocycles. The summed E-state index contributed by atoms with van der Waals surface area (Å²) in [7, 11) is 0. The van der Waals surface area contributed by atoms with Crippen LogP contribution in [0.2, 0.25) is 0 Å². The van der Waals surface area contributed by atoms with E-state index in [0.29, 0.717) is 17.2 Å². The second-order valence-electron chi connectivity index (χ2n) is 9.78. The van der Waals surface area contributed by atoms with E-state index < -0.39 is 5.54 Å². The van der Waals surface area contributed by atoms with E-state index in [1.54, 1.807) is 31.2 Å². The van der Waals surface area contributed by atoms with Crippen LogP contribution >= 0.6 is 0 Å². The number of Topliss-reactive ketones (excluding diaryl/α,β-unsaturated/α-hetero) is 2. The Morgan fingerprint density at radius 2 is 1.20 bits per heavy atom. The van der Waals surface area contributed by atoms with Crippen LogP contribution in [0.25, 0.3) is 5.84 Å². The summed E-state index contributed by atoms with van der Waals surface area (Å²) in [6, 6.07) is 34.2. The fourth-order valence-corrected chi connectivity index (χ4v) is 4.12. The molecule has 0 aromatic heterocycles. The van der Waals surface area contributed by atoms with E-state index in [-0.39, 0.29) is 47.5 Å². The largest absolute Gasteiger partial charge is 1.00 e. The molecule has 1 atom stereocenters. The van der Waals surface area contributed by atoms with Gasteiger partial charge in [-0.1, -0.05) is 120 Å². The second-order valence-corrected chi connectivity index (χ2v) is 9.78. The zero-order valence-electron chi connectivity index (χ0n) is 23.6. The number of carbonyl (C=O) groups is 2. The molecular weight excluding hydrogens is 511 g/mol. The number of rotatable bonds is 10. The minimum atomic E-state index is -1.34. The number of nitrogens with zero attached hydrogens (tertiary/aromatic N) is 1. The molecule has 7 heteroatoms. The molecular formula is C33H35N2NaO4. The SMILES string of the molecule is Cc1ccc(CC(C)(C(=O)c2ccccc2)N([NH-])OO)cc1.Cc1ccc(CCC(=O)c2ccccc2)cc1.[Na+]. The molecule has 4 aromatic rings. The van der Waals surface area contributed by atoms with Crippen LogP contribution in [0.5, 0.6) is 0 Å². The molecule has 2 N–H and O–H groups in total. The van der Waals surface area contributed by atoms with Gasteiger partial charge in [0.1, 0.15) is 0 Å². The summed E-state index contributed by atoms with van der Waals surface area (Å²) < 4.78 is 0. The molecule has 0 saturated carbocycles. The van der Waals surface area contributed by atoms with Gasteiger partial charge in [-0.2, -0.15) is 4.99 Å². The summed E-state index contributed by atoms with van der Waals surface area (Å²) in [6.07, 6.45) is 1.63. The summed E-state index contributed by atoms with van der Waals surface area (Å²) in [5, 5.41) is 9.32. The molecule has 40 heavy (non-hydrogen) atoms. The zero-order valence-corrected chi connectivity index (χ0v) is 25.6. The Balaban J connectivity index is 0.000000282. The van der Waals surface area contributed by atoms with Crippen molar-refractivity contribution >= 4 is 11.6 Å². The third kappa shape index (κ3) is 9.61. The fourth-order valence-electron chi connectivity index (χ4n) is 4.12. The van der Waals surface area contributed by atoms with Gasteiger partial charge in [0.2, 0.25) is 0 Å². The number of hydrogen-bond acceptors (Lipinski definition) is 5. The van der Waals surface area contributed by atoms with Crippen LogP contribution in [-0.4, -0.2) is 27.5 Å². The van der Waals surface area contributed by atoms with E-state index in [4.69, 9.17) is 11.1 Å². The van der Waals surface area contributed by atoms with Crippen LogP contribution in [0.15, 0.2) is 109 Å². The maximum absolute atomic E-state index is 12.8.